The molecule has 0 saturated carbocycles. The molecule has 1 saturated heterocycles. The first kappa shape index (κ1) is 21.4. The zero-order valence-electron chi connectivity index (χ0n) is 17.3. The van der Waals surface area contributed by atoms with Crippen LogP contribution in [0.2, 0.25) is 0 Å². The molecule has 0 radical (unpaired) electrons. The second-order valence-electron chi connectivity index (χ2n) is 7.08. The second kappa shape index (κ2) is 11.0. The minimum absolute atomic E-state index is 0.0155. The number of esters is 1. The number of benzene rings is 2. The lowest BCUT2D eigenvalue weighted by molar-refractivity contribution is -0.137. The summed E-state index contributed by atoms with van der Waals surface area (Å²) in [6.07, 6.45) is 5.96. The van der Waals surface area contributed by atoms with E-state index in [-0.39, 0.29) is 12.2 Å². The van der Waals surface area contributed by atoms with Crippen molar-refractivity contribution in [3.63, 3.8) is 0 Å². The summed E-state index contributed by atoms with van der Waals surface area (Å²) in [6.45, 7) is 6.91. The fraction of sp³-hybridized carbons (Fsp3) is 0.280. The van der Waals surface area contributed by atoms with E-state index in [1.807, 2.05) is 36.4 Å². The summed E-state index contributed by atoms with van der Waals surface area (Å²) in [5.41, 5.74) is 3.21. The zero-order valence-corrected chi connectivity index (χ0v) is 17.3. The Balaban J connectivity index is 1.51. The van der Waals surface area contributed by atoms with E-state index in [1.54, 1.807) is 13.0 Å². The largest absolute Gasteiger partial charge is 0.462 e. The number of hydrogen-bond donors (Lipinski definition) is 0. The predicted molar refractivity (Wildman–Crippen MR) is 121 cm³/mol. The van der Waals surface area contributed by atoms with Crippen LogP contribution in [0.5, 0.6) is 0 Å². The van der Waals surface area contributed by atoms with Gasteiger partial charge in [0.2, 0.25) is 0 Å². The molecule has 0 N–H and O–H groups in total. The smallest absolute Gasteiger partial charge is 0.348 e. The molecular formula is C25H27N3O2. The van der Waals surface area contributed by atoms with Crippen molar-refractivity contribution >= 4 is 23.8 Å². The fourth-order valence-electron chi connectivity index (χ4n) is 3.38. The first-order valence-corrected chi connectivity index (χ1v) is 10.3. The van der Waals surface area contributed by atoms with Gasteiger partial charge in [-0.2, -0.15) is 5.26 Å². The molecule has 0 aromatic heterocycles. The van der Waals surface area contributed by atoms with Crippen LogP contribution in [0.1, 0.15) is 18.1 Å². The van der Waals surface area contributed by atoms with Gasteiger partial charge in [-0.1, -0.05) is 54.6 Å². The summed E-state index contributed by atoms with van der Waals surface area (Å²) in [5.74, 6) is -0.582. The Hall–Kier alpha value is -3.36. The third-order valence-corrected chi connectivity index (χ3v) is 5.03. The van der Waals surface area contributed by atoms with Crippen LogP contribution in [-0.4, -0.2) is 50.2 Å². The molecule has 154 valence electrons. The van der Waals surface area contributed by atoms with Gasteiger partial charge in [0.05, 0.1) is 6.61 Å². The maximum absolute atomic E-state index is 11.7. The number of rotatable bonds is 7. The highest BCUT2D eigenvalue weighted by Crippen LogP contribution is 2.19. The Morgan fingerprint density at radius 3 is 2.37 bits per heavy atom. The van der Waals surface area contributed by atoms with Crippen LogP contribution in [-0.2, 0) is 9.53 Å². The van der Waals surface area contributed by atoms with Gasteiger partial charge in [-0.3, -0.25) is 4.90 Å². The highest BCUT2D eigenvalue weighted by molar-refractivity contribution is 5.97. The van der Waals surface area contributed by atoms with Crippen LogP contribution in [0.25, 0.3) is 12.2 Å². The molecule has 30 heavy (non-hydrogen) atoms. The number of nitriles is 1. The lowest BCUT2D eigenvalue weighted by Crippen LogP contribution is -2.46. The van der Waals surface area contributed by atoms with Crippen LogP contribution >= 0.6 is 0 Å². The molecule has 0 atom stereocenters. The predicted octanol–water partition coefficient (Wildman–Crippen LogP) is 3.99. The van der Waals surface area contributed by atoms with Crippen LogP contribution in [0.3, 0.4) is 0 Å². The standard InChI is InChI=1S/C25H27N3O2/c1-2-30-25(29)23(20-26)19-22-10-12-24(13-11-22)28-17-15-27(16-18-28)14-6-9-21-7-4-3-5-8-21/h3-13,19H,2,14-18H2,1H3. The van der Waals surface area contributed by atoms with Crippen molar-refractivity contribution in [2.24, 2.45) is 0 Å². The molecule has 0 amide bonds. The maximum atomic E-state index is 11.7. The molecule has 1 aliphatic heterocycles. The number of carbonyl (C=O) groups excluding carboxylic acids is 1. The summed E-state index contributed by atoms with van der Waals surface area (Å²) in [7, 11) is 0. The first-order chi connectivity index (χ1) is 14.7. The minimum atomic E-state index is -0.582. The summed E-state index contributed by atoms with van der Waals surface area (Å²) in [4.78, 5) is 16.6. The minimum Gasteiger partial charge on any atom is -0.462 e. The molecule has 1 aliphatic rings. The van der Waals surface area contributed by atoms with Gasteiger partial charge in [-0.25, -0.2) is 4.79 Å². The van der Waals surface area contributed by atoms with Crippen LogP contribution < -0.4 is 4.90 Å². The summed E-state index contributed by atoms with van der Waals surface area (Å²) in [5, 5.41) is 9.16. The van der Waals surface area contributed by atoms with E-state index in [0.717, 1.165) is 44.0 Å². The number of nitrogens with zero attached hydrogens (tertiary/aromatic N) is 3. The molecule has 3 rings (SSSR count). The second-order valence-corrected chi connectivity index (χ2v) is 7.08. The van der Waals surface area contributed by atoms with Crippen molar-refractivity contribution in [1.29, 1.82) is 5.26 Å². The topological polar surface area (TPSA) is 56.6 Å². The van der Waals surface area contributed by atoms with Gasteiger partial charge < -0.3 is 9.64 Å². The fourth-order valence-corrected chi connectivity index (χ4v) is 3.38. The lowest BCUT2D eigenvalue weighted by atomic mass is 10.1. The Bertz CT molecular complexity index is 919. The zero-order chi connectivity index (χ0) is 21.2. The summed E-state index contributed by atoms with van der Waals surface area (Å²) >= 11 is 0. The van der Waals surface area contributed by atoms with E-state index in [9.17, 15) is 4.79 Å². The van der Waals surface area contributed by atoms with Gasteiger partial charge in [-0.15, -0.1) is 0 Å². The Morgan fingerprint density at radius 2 is 1.73 bits per heavy atom. The molecule has 0 unspecified atom stereocenters. The Labute approximate surface area is 178 Å². The summed E-state index contributed by atoms with van der Waals surface area (Å²) < 4.78 is 4.90. The molecule has 2 aromatic rings. The Kier molecular flexibility index (Phi) is 7.82. The van der Waals surface area contributed by atoms with E-state index < -0.39 is 5.97 Å². The van der Waals surface area contributed by atoms with Gasteiger partial charge in [0.1, 0.15) is 11.6 Å². The van der Waals surface area contributed by atoms with E-state index in [2.05, 4.69) is 46.2 Å². The van der Waals surface area contributed by atoms with Crippen molar-refractivity contribution in [1.82, 2.24) is 4.90 Å². The number of carbonyl (C=O) groups is 1. The molecule has 0 aliphatic carbocycles. The molecule has 5 heteroatoms. The van der Waals surface area contributed by atoms with Crippen molar-refractivity contribution in [3.05, 3.63) is 77.4 Å². The van der Waals surface area contributed by atoms with Crippen molar-refractivity contribution in [2.75, 3.05) is 44.2 Å². The molecule has 5 nitrogen and oxygen atoms in total. The van der Waals surface area contributed by atoms with Crippen LogP contribution in [0.15, 0.2) is 66.2 Å². The highest BCUT2D eigenvalue weighted by Gasteiger charge is 2.16. The number of piperazine rings is 1. The van der Waals surface area contributed by atoms with Gasteiger partial charge in [0.15, 0.2) is 0 Å². The maximum Gasteiger partial charge on any atom is 0.348 e. The Morgan fingerprint density at radius 1 is 1.03 bits per heavy atom. The molecular weight excluding hydrogens is 374 g/mol. The first-order valence-electron chi connectivity index (χ1n) is 10.3. The quantitative estimate of drug-likeness (QED) is 0.399. The molecule has 0 bridgehead atoms. The highest BCUT2D eigenvalue weighted by atomic mass is 16.5. The molecule has 1 fully saturated rings. The van der Waals surface area contributed by atoms with Gasteiger partial charge in [-0.05, 0) is 36.3 Å². The average molecular weight is 402 g/mol. The van der Waals surface area contributed by atoms with Crippen molar-refractivity contribution in [2.45, 2.75) is 6.92 Å². The van der Waals surface area contributed by atoms with Crippen molar-refractivity contribution < 1.29 is 9.53 Å². The molecule has 2 aromatic carbocycles. The van der Waals surface area contributed by atoms with Crippen LogP contribution in [0.4, 0.5) is 5.69 Å². The third kappa shape index (κ3) is 6.07. The van der Waals surface area contributed by atoms with Gasteiger partial charge >= 0.3 is 5.97 Å². The van der Waals surface area contributed by atoms with Gasteiger partial charge in [0, 0.05) is 38.4 Å². The number of hydrogen-bond acceptors (Lipinski definition) is 5. The van der Waals surface area contributed by atoms with E-state index in [0.29, 0.717) is 0 Å². The van der Waals surface area contributed by atoms with Gasteiger partial charge in [0.25, 0.3) is 0 Å². The monoisotopic (exact) mass is 401 g/mol. The SMILES string of the molecule is CCOC(=O)C(C#N)=Cc1ccc(N2CCN(CC=Cc3ccccc3)CC2)cc1. The number of anilines is 1. The number of ether oxygens (including phenoxy) is 1. The summed E-state index contributed by atoms with van der Waals surface area (Å²) in [6, 6.07) is 20.2. The lowest BCUT2D eigenvalue weighted by Gasteiger charge is -2.35. The molecule has 1 heterocycles. The van der Waals surface area contributed by atoms with E-state index >= 15 is 0 Å². The van der Waals surface area contributed by atoms with E-state index in [4.69, 9.17) is 10.00 Å². The molecule has 0 spiro atoms. The van der Waals surface area contributed by atoms with Crippen molar-refractivity contribution in [3.8, 4) is 6.07 Å². The average Bonchev–Trinajstić information content (AvgIpc) is 2.79. The third-order valence-electron chi connectivity index (χ3n) is 5.03. The van der Waals surface area contributed by atoms with E-state index in [1.165, 1.54) is 5.56 Å². The normalized spacial score (nSPS) is 15.2. The van der Waals surface area contributed by atoms with Crippen LogP contribution in [0, 0.1) is 11.3 Å².